The maximum atomic E-state index is 12.6. The number of aromatic nitrogens is 4. The van der Waals surface area contributed by atoms with Crippen molar-refractivity contribution in [1.82, 2.24) is 19.7 Å². The maximum Gasteiger partial charge on any atom is 0.251 e. The molecule has 4 aromatic heterocycles. The molecule has 0 radical (unpaired) electrons. The second kappa shape index (κ2) is 8.73. The maximum absolute atomic E-state index is 12.6. The lowest BCUT2D eigenvalue weighted by Crippen LogP contribution is -2.40. The summed E-state index contributed by atoms with van der Waals surface area (Å²) in [6.07, 6.45) is 12.1. The molecule has 152 valence electrons. The van der Waals surface area contributed by atoms with Crippen LogP contribution in [0.4, 0.5) is 0 Å². The Balaban J connectivity index is 1.46. The third kappa shape index (κ3) is 4.00. The number of ether oxygens (including phenoxy) is 1. The van der Waals surface area contributed by atoms with E-state index in [1.165, 1.54) is 5.56 Å². The predicted octanol–water partition coefficient (Wildman–Crippen LogP) is 2.68. The summed E-state index contributed by atoms with van der Waals surface area (Å²) < 4.78 is 9.40. The van der Waals surface area contributed by atoms with E-state index < -0.39 is 0 Å². The second-order valence-electron chi connectivity index (χ2n) is 6.92. The number of aryl methyl sites for hydroxylation is 1. The first-order valence-corrected chi connectivity index (χ1v) is 9.91. The normalized spacial score (nSPS) is 10.9. The van der Waals surface area contributed by atoms with Crippen molar-refractivity contribution in [3.8, 4) is 17.0 Å². The molecule has 4 rings (SSSR count). The number of hydrogen-bond donors (Lipinski definition) is 1. The van der Waals surface area contributed by atoms with Gasteiger partial charge in [-0.3, -0.25) is 14.2 Å². The van der Waals surface area contributed by atoms with Crippen LogP contribution < -0.4 is 14.6 Å². The first-order valence-electron chi connectivity index (χ1n) is 9.91. The quantitative estimate of drug-likeness (QED) is 0.483. The van der Waals surface area contributed by atoms with Crippen LogP contribution >= 0.6 is 0 Å². The van der Waals surface area contributed by atoms with Gasteiger partial charge in [-0.25, -0.2) is 9.55 Å². The average molecular weight is 402 g/mol. The molecular formula is C23H24N5O2+. The summed E-state index contributed by atoms with van der Waals surface area (Å²) in [6, 6.07) is 9.58. The van der Waals surface area contributed by atoms with Crippen molar-refractivity contribution in [2.75, 3.05) is 13.7 Å². The molecule has 0 aromatic carbocycles. The third-order valence-corrected chi connectivity index (χ3v) is 5.08. The average Bonchev–Trinajstić information content (AvgIpc) is 3.22. The van der Waals surface area contributed by atoms with E-state index in [2.05, 4.69) is 38.9 Å². The van der Waals surface area contributed by atoms with Gasteiger partial charge in [0.25, 0.3) is 5.91 Å². The van der Waals surface area contributed by atoms with E-state index in [1.54, 1.807) is 37.8 Å². The number of hydrogen-bond acceptors (Lipinski definition) is 4. The van der Waals surface area contributed by atoms with Crippen LogP contribution in [0.5, 0.6) is 5.75 Å². The Bertz CT molecular complexity index is 1170. The summed E-state index contributed by atoms with van der Waals surface area (Å²) in [5.41, 5.74) is 4.26. The fourth-order valence-corrected chi connectivity index (χ4v) is 3.35. The van der Waals surface area contributed by atoms with Gasteiger partial charge in [0, 0.05) is 36.3 Å². The Hall–Kier alpha value is -3.74. The molecule has 0 saturated carbocycles. The topological polar surface area (TPSA) is 72.4 Å². The van der Waals surface area contributed by atoms with E-state index in [4.69, 9.17) is 4.74 Å². The molecule has 1 amide bonds. The fraction of sp³-hybridized carbons (Fsp3) is 0.217. The summed E-state index contributed by atoms with van der Waals surface area (Å²) >= 11 is 0. The van der Waals surface area contributed by atoms with Crippen LogP contribution in [0, 0.1) is 0 Å². The van der Waals surface area contributed by atoms with Crippen molar-refractivity contribution in [1.29, 1.82) is 0 Å². The van der Waals surface area contributed by atoms with Crippen LogP contribution in [0.25, 0.3) is 16.9 Å². The smallest absolute Gasteiger partial charge is 0.251 e. The molecule has 1 N–H and O–H groups in total. The number of nitrogens with zero attached hydrogens (tertiary/aromatic N) is 4. The summed E-state index contributed by atoms with van der Waals surface area (Å²) in [5, 5.41) is 2.97. The fourth-order valence-electron chi connectivity index (χ4n) is 3.35. The third-order valence-electron chi connectivity index (χ3n) is 5.08. The van der Waals surface area contributed by atoms with E-state index in [1.807, 2.05) is 29.1 Å². The molecule has 30 heavy (non-hydrogen) atoms. The molecule has 0 unspecified atom stereocenters. The molecule has 0 aliphatic heterocycles. The van der Waals surface area contributed by atoms with E-state index in [0.29, 0.717) is 24.3 Å². The van der Waals surface area contributed by atoms with Crippen molar-refractivity contribution in [3.05, 3.63) is 78.6 Å². The van der Waals surface area contributed by atoms with Gasteiger partial charge in [0.05, 0.1) is 31.1 Å². The second-order valence-corrected chi connectivity index (χ2v) is 6.92. The van der Waals surface area contributed by atoms with Gasteiger partial charge in [0.1, 0.15) is 11.4 Å². The van der Waals surface area contributed by atoms with E-state index >= 15 is 0 Å². The molecule has 0 aliphatic rings. The van der Waals surface area contributed by atoms with Gasteiger partial charge in [-0.1, -0.05) is 6.92 Å². The molecule has 0 atom stereocenters. The first kappa shape index (κ1) is 19.6. The highest BCUT2D eigenvalue weighted by Gasteiger charge is 2.13. The molecule has 7 heteroatoms. The number of amides is 1. The van der Waals surface area contributed by atoms with Gasteiger partial charge in [0.15, 0.2) is 18.9 Å². The van der Waals surface area contributed by atoms with Crippen molar-refractivity contribution < 1.29 is 14.1 Å². The zero-order valence-corrected chi connectivity index (χ0v) is 17.1. The zero-order valence-electron chi connectivity index (χ0n) is 17.1. The van der Waals surface area contributed by atoms with Gasteiger partial charge < -0.3 is 10.1 Å². The molecule has 0 saturated heterocycles. The minimum absolute atomic E-state index is 0.119. The monoisotopic (exact) mass is 402 g/mol. The molecule has 4 heterocycles. The molecule has 0 spiro atoms. The van der Waals surface area contributed by atoms with Crippen LogP contribution in [-0.4, -0.2) is 33.9 Å². The summed E-state index contributed by atoms with van der Waals surface area (Å²) in [7, 11) is 1.63. The summed E-state index contributed by atoms with van der Waals surface area (Å²) in [6.45, 7) is 3.39. The van der Waals surface area contributed by atoms with Gasteiger partial charge in [0.2, 0.25) is 0 Å². The number of nitrogens with one attached hydrogen (secondary N) is 1. The van der Waals surface area contributed by atoms with Crippen LogP contribution in [0.2, 0.25) is 0 Å². The van der Waals surface area contributed by atoms with E-state index in [-0.39, 0.29) is 5.91 Å². The van der Waals surface area contributed by atoms with Crippen LogP contribution in [0.15, 0.2) is 67.5 Å². The van der Waals surface area contributed by atoms with Gasteiger partial charge in [-0.2, -0.15) is 0 Å². The number of carbonyl (C=O) groups excluding carboxylic acids is 1. The van der Waals surface area contributed by atoms with Gasteiger partial charge in [-0.15, -0.1) is 0 Å². The Morgan fingerprint density at radius 2 is 2.03 bits per heavy atom. The summed E-state index contributed by atoms with van der Waals surface area (Å²) in [5.74, 6) is 0.602. The predicted molar refractivity (Wildman–Crippen MR) is 113 cm³/mol. The minimum atomic E-state index is -0.119. The van der Waals surface area contributed by atoms with Crippen LogP contribution in [-0.2, 0) is 13.0 Å². The Morgan fingerprint density at radius 1 is 1.20 bits per heavy atom. The van der Waals surface area contributed by atoms with Gasteiger partial charge in [-0.05, 0) is 30.2 Å². The standard InChI is InChI=1S/C23H23N5O2/c1-3-17-5-10-27(11-6-17)13-9-25-23(29)18-7-12-28-20(16-26-22(28)14-18)19-15-24-8-4-21(19)30-2/h4-8,10-12,14-16H,3,9,13H2,1-2H3/p+1. The first-order chi connectivity index (χ1) is 14.7. The molecule has 0 fully saturated rings. The van der Waals surface area contributed by atoms with Crippen LogP contribution in [0.3, 0.4) is 0 Å². The number of methoxy groups -OCH3 is 1. The lowest BCUT2D eigenvalue weighted by atomic mass is 10.2. The number of pyridine rings is 3. The van der Waals surface area contributed by atoms with Crippen molar-refractivity contribution in [2.24, 2.45) is 0 Å². The number of imidazole rings is 1. The molecule has 0 aliphatic carbocycles. The minimum Gasteiger partial charge on any atom is -0.496 e. The van der Waals surface area contributed by atoms with Crippen molar-refractivity contribution in [2.45, 2.75) is 19.9 Å². The van der Waals surface area contributed by atoms with Crippen molar-refractivity contribution >= 4 is 11.6 Å². The number of rotatable bonds is 7. The zero-order chi connectivity index (χ0) is 20.9. The van der Waals surface area contributed by atoms with Crippen LogP contribution in [0.1, 0.15) is 22.8 Å². The molecule has 4 aromatic rings. The highest BCUT2D eigenvalue weighted by atomic mass is 16.5. The molecular weight excluding hydrogens is 378 g/mol. The molecule has 7 nitrogen and oxygen atoms in total. The largest absolute Gasteiger partial charge is 0.496 e. The highest BCUT2D eigenvalue weighted by Crippen LogP contribution is 2.29. The lowest BCUT2D eigenvalue weighted by molar-refractivity contribution is -0.694. The van der Waals surface area contributed by atoms with Crippen molar-refractivity contribution in [3.63, 3.8) is 0 Å². The SMILES string of the molecule is CCc1cc[n+](CCNC(=O)c2ccn3c(-c4cnccc4OC)cnc3c2)cc1. The Kier molecular flexibility index (Phi) is 5.70. The van der Waals surface area contributed by atoms with E-state index in [0.717, 1.165) is 23.4 Å². The molecule has 0 bridgehead atoms. The highest BCUT2D eigenvalue weighted by molar-refractivity contribution is 5.95. The Morgan fingerprint density at radius 3 is 2.80 bits per heavy atom. The summed E-state index contributed by atoms with van der Waals surface area (Å²) in [4.78, 5) is 21.2. The van der Waals surface area contributed by atoms with E-state index in [9.17, 15) is 4.79 Å². The lowest BCUT2D eigenvalue weighted by Gasteiger charge is -2.08. The Labute approximate surface area is 175 Å². The van der Waals surface area contributed by atoms with Gasteiger partial charge >= 0.3 is 0 Å². The number of carbonyl (C=O) groups is 1. The number of fused-ring (bicyclic) bond motifs is 1.